The number of aromatic nitrogens is 2. The number of rotatable bonds is 8. The predicted octanol–water partition coefficient (Wildman–Crippen LogP) is 6.82. The minimum atomic E-state index is -1.07. The molecule has 7 nitrogen and oxygen atoms in total. The van der Waals surface area contributed by atoms with E-state index in [2.05, 4.69) is 10.4 Å². The van der Waals surface area contributed by atoms with Crippen molar-refractivity contribution in [1.29, 1.82) is 0 Å². The number of benzene rings is 3. The van der Waals surface area contributed by atoms with Gasteiger partial charge in [0, 0.05) is 11.7 Å². The highest BCUT2D eigenvalue weighted by atomic mass is 35.5. The smallest absolute Gasteiger partial charge is 0.264 e. The zero-order chi connectivity index (χ0) is 28.9. The normalized spacial score (nSPS) is 14.3. The molecule has 0 bridgehead atoms. The summed E-state index contributed by atoms with van der Waals surface area (Å²) < 4.78 is 20.9. The highest BCUT2D eigenvalue weighted by molar-refractivity contribution is 6.34. The van der Waals surface area contributed by atoms with Gasteiger partial charge in [-0.1, -0.05) is 61.2 Å². The number of hydrogen-bond donors (Lipinski definition) is 1. The molecule has 41 heavy (non-hydrogen) atoms. The number of para-hydroxylation sites is 1. The summed E-state index contributed by atoms with van der Waals surface area (Å²) in [6, 6.07) is 20.7. The molecule has 9 heteroatoms. The number of carbonyl (C=O) groups is 2. The molecule has 1 aliphatic carbocycles. The zero-order valence-corrected chi connectivity index (χ0v) is 23.8. The van der Waals surface area contributed by atoms with Crippen molar-refractivity contribution >= 4 is 29.1 Å². The lowest BCUT2D eigenvalue weighted by atomic mass is 9.94. The van der Waals surface area contributed by atoms with Gasteiger partial charge >= 0.3 is 0 Å². The Balaban J connectivity index is 1.63. The number of halogens is 2. The maximum absolute atomic E-state index is 14.5. The molecule has 1 aromatic heterocycles. The lowest BCUT2D eigenvalue weighted by molar-refractivity contribution is -0.123. The van der Waals surface area contributed by atoms with Gasteiger partial charge in [-0.3, -0.25) is 14.5 Å². The third-order valence-corrected chi connectivity index (χ3v) is 7.78. The van der Waals surface area contributed by atoms with Gasteiger partial charge in [0.25, 0.3) is 5.91 Å². The molecule has 2 amide bonds. The molecule has 1 fully saturated rings. The average molecular weight is 575 g/mol. The van der Waals surface area contributed by atoms with E-state index in [0.717, 1.165) is 32.1 Å². The highest BCUT2D eigenvalue weighted by Crippen LogP contribution is 2.34. The molecule has 1 N–H and O–H groups in total. The summed E-state index contributed by atoms with van der Waals surface area (Å²) in [7, 11) is 1.56. The van der Waals surface area contributed by atoms with E-state index in [-0.39, 0.29) is 22.7 Å². The number of anilines is 1. The van der Waals surface area contributed by atoms with E-state index < -0.39 is 17.8 Å². The molecule has 3 aromatic carbocycles. The molecular formula is C32H32ClFN4O3. The quantitative estimate of drug-likeness (QED) is 0.250. The van der Waals surface area contributed by atoms with E-state index in [1.54, 1.807) is 38.3 Å². The van der Waals surface area contributed by atoms with E-state index in [4.69, 9.17) is 16.3 Å². The largest absolute Gasteiger partial charge is 0.497 e. The third-order valence-electron chi connectivity index (χ3n) is 7.43. The van der Waals surface area contributed by atoms with Crippen molar-refractivity contribution in [3.63, 3.8) is 0 Å². The van der Waals surface area contributed by atoms with Gasteiger partial charge in [-0.15, -0.1) is 0 Å². The number of carbonyl (C=O) groups excluding carboxylic acids is 2. The standard InChI is InChI=1S/C32H32ClFN4O3/c1-21-28(30(33)38(36-21)26-11-7-4-8-12-26)32(40)37(25-17-15-23(34)16-18-25)29(22-13-19-27(41-2)20-14-22)31(39)35-24-9-5-3-6-10-24/h4,7-8,11-20,24,29H,3,5-6,9-10H2,1-2H3,(H,35,39). The van der Waals surface area contributed by atoms with Gasteiger partial charge in [0.05, 0.1) is 18.5 Å². The molecule has 1 atom stereocenters. The molecule has 1 aliphatic rings. The summed E-state index contributed by atoms with van der Waals surface area (Å²) in [4.78, 5) is 30.0. The topological polar surface area (TPSA) is 76.5 Å². The predicted molar refractivity (Wildman–Crippen MR) is 157 cm³/mol. The summed E-state index contributed by atoms with van der Waals surface area (Å²) in [5.74, 6) is -0.701. The van der Waals surface area contributed by atoms with Crippen LogP contribution in [0.2, 0.25) is 5.15 Å². The molecule has 0 aliphatic heterocycles. The van der Waals surface area contributed by atoms with Gasteiger partial charge in [-0.2, -0.15) is 5.10 Å². The van der Waals surface area contributed by atoms with Gasteiger partial charge < -0.3 is 10.1 Å². The molecule has 0 spiro atoms. The van der Waals surface area contributed by atoms with Crippen LogP contribution in [-0.2, 0) is 4.79 Å². The summed E-state index contributed by atoms with van der Waals surface area (Å²) in [5, 5.41) is 7.84. The number of aryl methyl sites for hydroxylation is 1. The van der Waals surface area contributed by atoms with E-state index in [9.17, 15) is 14.0 Å². The third kappa shape index (κ3) is 6.12. The first-order valence-corrected chi connectivity index (χ1v) is 14.1. The van der Waals surface area contributed by atoms with Crippen LogP contribution in [0.1, 0.15) is 59.8 Å². The van der Waals surface area contributed by atoms with Crippen LogP contribution in [0.5, 0.6) is 5.75 Å². The van der Waals surface area contributed by atoms with Crippen molar-refractivity contribution in [3.8, 4) is 11.4 Å². The minimum absolute atomic E-state index is 0.00771. The molecule has 0 radical (unpaired) electrons. The van der Waals surface area contributed by atoms with E-state index in [0.29, 0.717) is 28.4 Å². The SMILES string of the molecule is COc1ccc(C(C(=O)NC2CCCCC2)N(C(=O)c2c(C)nn(-c3ccccc3)c2Cl)c2ccc(F)cc2)cc1. The van der Waals surface area contributed by atoms with Crippen LogP contribution in [0, 0.1) is 12.7 Å². The van der Waals surface area contributed by atoms with Crippen molar-refractivity contribution < 1.29 is 18.7 Å². The Morgan fingerprint density at radius 1 is 1.00 bits per heavy atom. The van der Waals surface area contributed by atoms with Crippen LogP contribution in [0.4, 0.5) is 10.1 Å². The van der Waals surface area contributed by atoms with E-state index in [1.807, 2.05) is 30.3 Å². The lowest BCUT2D eigenvalue weighted by Crippen LogP contribution is -2.47. The first-order valence-electron chi connectivity index (χ1n) is 13.7. The summed E-state index contributed by atoms with van der Waals surface area (Å²) >= 11 is 6.82. The Hall–Kier alpha value is -4.17. The fraction of sp³-hybridized carbons (Fsp3) is 0.281. The zero-order valence-electron chi connectivity index (χ0n) is 23.0. The second-order valence-corrected chi connectivity index (χ2v) is 10.5. The lowest BCUT2D eigenvalue weighted by Gasteiger charge is -2.33. The highest BCUT2D eigenvalue weighted by Gasteiger charge is 2.37. The number of amides is 2. The van der Waals surface area contributed by atoms with Crippen LogP contribution < -0.4 is 15.0 Å². The van der Waals surface area contributed by atoms with Gasteiger partial charge in [0.1, 0.15) is 28.3 Å². The summed E-state index contributed by atoms with van der Waals surface area (Å²) in [6.45, 7) is 1.70. The Bertz CT molecular complexity index is 1500. The van der Waals surface area contributed by atoms with Crippen LogP contribution >= 0.6 is 11.6 Å². The van der Waals surface area contributed by atoms with E-state index >= 15 is 0 Å². The Kier molecular flexibility index (Phi) is 8.69. The monoisotopic (exact) mass is 574 g/mol. The number of nitrogens with zero attached hydrogens (tertiary/aromatic N) is 3. The molecule has 4 aromatic rings. The molecule has 1 saturated carbocycles. The van der Waals surface area contributed by atoms with Crippen molar-refractivity contribution in [2.75, 3.05) is 12.0 Å². The van der Waals surface area contributed by atoms with Crippen LogP contribution in [0.15, 0.2) is 78.9 Å². The van der Waals surface area contributed by atoms with Gasteiger partial charge in [-0.05, 0) is 73.9 Å². The fourth-order valence-corrected chi connectivity index (χ4v) is 5.67. The maximum atomic E-state index is 14.5. The van der Waals surface area contributed by atoms with Crippen molar-refractivity contribution in [2.45, 2.75) is 51.1 Å². The minimum Gasteiger partial charge on any atom is -0.497 e. The Labute approximate surface area is 243 Å². The molecule has 5 rings (SSSR count). The number of nitrogens with one attached hydrogen (secondary N) is 1. The van der Waals surface area contributed by atoms with Gasteiger partial charge in [0.15, 0.2) is 0 Å². The number of hydrogen-bond acceptors (Lipinski definition) is 4. The van der Waals surface area contributed by atoms with Crippen molar-refractivity contribution in [1.82, 2.24) is 15.1 Å². The molecule has 1 unspecified atom stereocenters. The average Bonchev–Trinajstić information content (AvgIpc) is 3.30. The summed E-state index contributed by atoms with van der Waals surface area (Å²) in [6.07, 6.45) is 4.96. The molecular weight excluding hydrogens is 543 g/mol. The summed E-state index contributed by atoms with van der Waals surface area (Å²) in [5.41, 5.74) is 2.16. The van der Waals surface area contributed by atoms with Crippen molar-refractivity contribution in [2.24, 2.45) is 0 Å². The molecule has 0 saturated heterocycles. The second-order valence-electron chi connectivity index (χ2n) is 10.2. The van der Waals surface area contributed by atoms with Crippen LogP contribution in [-0.4, -0.2) is 34.7 Å². The maximum Gasteiger partial charge on any atom is 0.264 e. The first kappa shape index (κ1) is 28.4. The molecule has 1 heterocycles. The Morgan fingerprint density at radius 2 is 1.66 bits per heavy atom. The Morgan fingerprint density at radius 3 is 2.29 bits per heavy atom. The first-order chi connectivity index (χ1) is 19.9. The van der Waals surface area contributed by atoms with E-state index in [1.165, 1.54) is 33.8 Å². The number of ether oxygens (including phenoxy) is 1. The van der Waals surface area contributed by atoms with Gasteiger partial charge in [-0.25, -0.2) is 9.07 Å². The van der Waals surface area contributed by atoms with Crippen LogP contribution in [0.3, 0.4) is 0 Å². The second kappa shape index (κ2) is 12.6. The molecule has 212 valence electrons. The fourth-order valence-electron chi connectivity index (χ4n) is 5.32. The van der Waals surface area contributed by atoms with Crippen molar-refractivity contribution in [3.05, 3.63) is 107 Å². The van der Waals surface area contributed by atoms with Crippen LogP contribution in [0.25, 0.3) is 5.69 Å². The van der Waals surface area contributed by atoms with Gasteiger partial charge in [0.2, 0.25) is 5.91 Å². The number of methoxy groups -OCH3 is 1.